The highest BCUT2D eigenvalue weighted by atomic mass is 16.5. The molecule has 6 nitrogen and oxygen atoms in total. The van der Waals surface area contributed by atoms with E-state index < -0.39 is 0 Å². The molecule has 1 aliphatic rings. The molecule has 102 valence electrons. The van der Waals surface area contributed by atoms with Crippen molar-refractivity contribution in [3.05, 3.63) is 22.1 Å². The van der Waals surface area contributed by atoms with Crippen LogP contribution in [0.4, 0.5) is 0 Å². The van der Waals surface area contributed by atoms with Crippen LogP contribution < -0.4 is 5.73 Å². The summed E-state index contributed by atoms with van der Waals surface area (Å²) in [4.78, 5) is 2.81. The minimum Gasteiger partial charge on any atom is -0.392 e. The summed E-state index contributed by atoms with van der Waals surface area (Å²) in [5.74, 6) is 0. The number of nitrogens with two attached hydrogens (primary N) is 1. The van der Waals surface area contributed by atoms with E-state index in [1.165, 1.54) is 0 Å². The normalized spacial score (nSPS) is 27.8. The zero-order valence-electron chi connectivity index (χ0n) is 11.0. The SMILES string of the molecule is CCC(CC)O[C@@H]1C=C(CO)C[C@H](N=[N+]=[N-])[C@H]1N. The molecule has 0 heterocycles. The van der Waals surface area contributed by atoms with Crippen LogP contribution in [0.1, 0.15) is 33.1 Å². The second-order valence-corrected chi connectivity index (χ2v) is 4.58. The van der Waals surface area contributed by atoms with E-state index >= 15 is 0 Å². The molecule has 0 radical (unpaired) electrons. The maximum Gasteiger partial charge on any atom is 0.0918 e. The number of ether oxygens (including phenoxy) is 1. The van der Waals surface area contributed by atoms with Crippen LogP contribution in [0.15, 0.2) is 16.8 Å². The summed E-state index contributed by atoms with van der Waals surface area (Å²) in [5, 5.41) is 12.9. The number of aliphatic hydroxyl groups excluding tert-OH is 1. The Labute approximate surface area is 107 Å². The molecule has 1 aliphatic carbocycles. The Kier molecular flexibility index (Phi) is 6.15. The molecular formula is C12H22N4O2. The van der Waals surface area contributed by atoms with Crippen LogP contribution in [0.2, 0.25) is 0 Å². The largest absolute Gasteiger partial charge is 0.392 e. The summed E-state index contributed by atoms with van der Waals surface area (Å²) < 4.78 is 5.91. The van der Waals surface area contributed by atoms with Crippen LogP contribution in [0.3, 0.4) is 0 Å². The average Bonchev–Trinajstić information content (AvgIpc) is 2.39. The maximum atomic E-state index is 9.23. The lowest BCUT2D eigenvalue weighted by atomic mass is 9.89. The number of hydrogen-bond acceptors (Lipinski definition) is 4. The highest BCUT2D eigenvalue weighted by Crippen LogP contribution is 2.24. The van der Waals surface area contributed by atoms with Crippen molar-refractivity contribution in [1.29, 1.82) is 0 Å². The van der Waals surface area contributed by atoms with Crippen LogP contribution in [-0.2, 0) is 4.74 Å². The standard InChI is InChI=1S/C12H22N4O2/c1-3-9(4-2)18-11-6-8(7-17)5-10(12(11)13)15-16-14/h6,9-12,17H,3-5,7,13H2,1-2H3/t10-,11+,12+/m0/s1. The van der Waals surface area contributed by atoms with Crippen molar-refractivity contribution in [2.45, 2.75) is 57.4 Å². The van der Waals surface area contributed by atoms with Crippen molar-refractivity contribution in [1.82, 2.24) is 0 Å². The average molecular weight is 254 g/mol. The van der Waals surface area contributed by atoms with E-state index in [1.54, 1.807) is 0 Å². The molecule has 0 saturated heterocycles. The molecule has 0 aromatic carbocycles. The Morgan fingerprint density at radius 1 is 1.61 bits per heavy atom. The number of rotatable bonds is 6. The fraction of sp³-hybridized carbons (Fsp3) is 0.833. The second-order valence-electron chi connectivity index (χ2n) is 4.58. The Bertz CT molecular complexity index is 335. The van der Waals surface area contributed by atoms with E-state index in [0.717, 1.165) is 18.4 Å². The van der Waals surface area contributed by atoms with Gasteiger partial charge in [-0.1, -0.05) is 25.0 Å². The van der Waals surface area contributed by atoms with Gasteiger partial charge < -0.3 is 15.6 Å². The molecule has 0 unspecified atom stereocenters. The van der Waals surface area contributed by atoms with Gasteiger partial charge in [0.2, 0.25) is 0 Å². The third-order valence-corrected chi connectivity index (χ3v) is 3.36. The minimum absolute atomic E-state index is 0.0487. The van der Waals surface area contributed by atoms with E-state index in [0.29, 0.717) is 6.42 Å². The van der Waals surface area contributed by atoms with Gasteiger partial charge in [-0.2, -0.15) is 0 Å². The molecule has 0 amide bonds. The zero-order chi connectivity index (χ0) is 13.5. The monoisotopic (exact) mass is 254 g/mol. The molecule has 6 heteroatoms. The van der Waals surface area contributed by atoms with E-state index in [-0.39, 0.29) is 30.9 Å². The third kappa shape index (κ3) is 3.71. The lowest BCUT2D eigenvalue weighted by Crippen LogP contribution is -2.48. The number of nitrogens with zero attached hydrogens (tertiary/aromatic N) is 3. The fourth-order valence-electron chi connectivity index (χ4n) is 2.17. The highest BCUT2D eigenvalue weighted by molar-refractivity contribution is 5.17. The van der Waals surface area contributed by atoms with Gasteiger partial charge in [-0.25, -0.2) is 0 Å². The first-order valence-corrected chi connectivity index (χ1v) is 6.41. The van der Waals surface area contributed by atoms with Gasteiger partial charge in [-0.3, -0.25) is 0 Å². The van der Waals surface area contributed by atoms with Gasteiger partial charge in [0.15, 0.2) is 0 Å². The molecule has 0 aromatic rings. The number of aliphatic hydroxyl groups is 1. The third-order valence-electron chi connectivity index (χ3n) is 3.36. The van der Waals surface area contributed by atoms with Gasteiger partial charge in [0.25, 0.3) is 0 Å². The van der Waals surface area contributed by atoms with Gasteiger partial charge in [-0.15, -0.1) is 0 Å². The zero-order valence-corrected chi connectivity index (χ0v) is 11.0. The van der Waals surface area contributed by atoms with Crippen LogP contribution in [0, 0.1) is 0 Å². The number of hydrogen-bond donors (Lipinski definition) is 2. The van der Waals surface area contributed by atoms with Crippen molar-refractivity contribution < 1.29 is 9.84 Å². The first kappa shape index (κ1) is 15.0. The van der Waals surface area contributed by atoms with Gasteiger partial charge in [0.05, 0.1) is 24.9 Å². The first-order valence-electron chi connectivity index (χ1n) is 6.41. The van der Waals surface area contributed by atoms with Crippen LogP contribution in [-0.4, -0.2) is 36.0 Å². The summed E-state index contributed by atoms with van der Waals surface area (Å²) in [6, 6.07) is -0.696. The quantitative estimate of drug-likeness (QED) is 0.327. The van der Waals surface area contributed by atoms with Gasteiger partial charge >= 0.3 is 0 Å². The summed E-state index contributed by atoms with van der Waals surface area (Å²) in [6.45, 7) is 4.07. The Balaban J connectivity index is 2.82. The molecule has 1 rings (SSSR count). The highest BCUT2D eigenvalue weighted by Gasteiger charge is 2.31. The van der Waals surface area contributed by atoms with Crippen molar-refractivity contribution in [3.8, 4) is 0 Å². The lowest BCUT2D eigenvalue weighted by molar-refractivity contribution is -0.0105. The van der Waals surface area contributed by atoms with Gasteiger partial charge in [0, 0.05) is 11.0 Å². The first-order chi connectivity index (χ1) is 8.65. The molecule has 0 spiro atoms. The molecule has 3 N–H and O–H groups in total. The fourth-order valence-corrected chi connectivity index (χ4v) is 2.17. The second kappa shape index (κ2) is 7.38. The summed E-state index contributed by atoms with van der Waals surface area (Å²) >= 11 is 0. The Morgan fingerprint density at radius 3 is 2.78 bits per heavy atom. The maximum absolute atomic E-state index is 9.23. The van der Waals surface area contributed by atoms with Crippen molar-refractivity contribution in [3.63, 3.8) is 0 Å². The van der Waals surface area contributed by atoms with Gasteiger partial charge in [-0.05, 0) is 30.4 Å². The van der Waals surface area contributed by atoms with E-state index in [9.17, 15) is 5.11 Å². The van der Waals surface area contributed by atoms with Crippen molar-refractivity contribution in [2.75, 3.05) is 6.61 Å². The minimum atomic E-state index is -0.350. The Morgan fingerprint density at radius 2 is 2.28 bits per heavy atom. The smallest absolute Gasteiger partial charge is 0.0918 e. The topological polar surface area (TPSA) is 104 Å². The molecule has 0 aromatic heterocycles. The summed E-state index contributed by atoms with van der Waals surface area (Å²) in [7, 11) is 0. The lowest BCUT2D eigenvalue weighted by Gasteiger charge is -2.34. The van der Waals surface area contributed by atoms with E-state index in [4.69, 9.17) is 16.0 Å². The summed E-state index contributed by atoms with van der Waals surface area (Å²) in [6.07, 6.45) is 4.04. The summed E-state index contributed by atoms with van der Waals surface area (Å²) in [5.41, 5.74) is 15.4. The molecule has 0 aliphatic heterocycles. The number of azide groups is 1. The molecule has 18 heavy (non-hydrogen) atoms. The van der Waals surface area contributed by atoms with Crippen LogP contribution in [0.5, 0.6) is 0 Å². The van der Waals surface area contributed by atoms with Crippen molar-refractivity contribution in [2.24, 2.45) is 10.8 Å². The van der Waals surface area contributed by atoms with E-state index in [2.05, 4.69) is 23.9 Å². The van der Waals surface area contributed by atoms with Crippen LogP contribution in [0.25, 0.3) is 10.4 Å². The van der Waals surface area contributed by atoms with Crippen LogP contribution >= 0.6 is 0 Å². The molecule has 0 bridgehead atoms. The predicted molar refractivity (Wildman–Crippen MR) is 69.9 cm³/mol. The van der Waals surface area contributed by atoms with Crippen molar-refractivity contribution >= 4 is 0 Å². The molecule has 0 fully saturated rings. The Hall–Kier alpha value is -1.07. The van der Waals surface area contributed by atoms with E-state index in [1.807, 2.05) is 6.08 Å². The molecular weight excluding hydrogens is 232 g/mol. The molecule has 0 saturated carbocycles. The molecule has 3 atom stereocenters. The van der Waals surface area contributed by atoms with Gasteiger partial charge in [0.1, 0.15) is 0 Å². The predicted octanol–water partition coefficient (Wildman–Crippen LogP) is 1.89.